The van der Waals surface area contributed by atoms with E-state index in [-0.39, 0.29) is 25.4 Å². The van der Waals surface area contributed by atoms with Gasteiger partial charge in [0.15, 0.2) is 5.78 Å². The molecule has 0 saturated heterocycles. The highest BCUT2D eigenvalue weighted by Gasteiger charge is 2.08. The lowest BCUT2D eigenvalue weighted by Gasteiger charge is -2.09. The van der Waals surface area contributed by atoms with E-state index in [1.54, 1.807) is 60.7 Å². The molecule has 0 aliphatic rings. The summed E-state index contributed by atoms with van der Waals surface area (Å²) in [4.78, 5) is 17.6. The number of oxime groups is 1. The quantitative estimate of drug-likeness (QED) is 0.173. The molecule has 160 valence electrons. The summed E-state index contributed by atoms with van der Waals surface area (Å²) in [7, 11) is 0. The van der Waals surface area contributed by atoms with Gasteiger partial charge in [-0.3, -0.25) is 4.79 Å². The Morgan fingerprint density at radius 3 is 2.13 bits per heavy atom. The lowest BCUT2D eigenvalue weighted by Crippen LogP contribution is -2.02. The maximum absolute atomic E-state index is 12.4. The third-order valence-electron chi connectivity index (χ3n) is 4.23. The molecule has 0 spiro atoms. The predicted octanol–water partition coefficient (Wildman–Crippen LogP) is 7.65. The number of nitrogens with zero attached hydrogens (tertiary/aromatic N) is 1. The summed E-state index contributed by atoms with van der Waals surface area (Å²) in [6.07, 6.45) is 1.49. The minimum absolute atomic E-state index is 0.0841. The number of benzene rings is 3. The van der Waals surface area contributed by atoms with Crippen molar-refractivity contribution >= 4 is 58.4 Å². The second-order valence-corrected chi connectivity index (χ2v) is 8.16. The van der Waals surface area contributed by atoms with E-state index in [1.807, 2.05) is 0 Å². The van der Waals surface area contributed by atoms with Crippen molar-refractivity contribution in [3.05, 3.63) is 97.4 Å². The fraction of sp³-hybridized carbons (Fsp3) is 0.130. The first-order valence-electron chi connectivity index (χ1n) is 9.20. The minimum Gasteiger partial charge on any atom is -0.489 e. The van der Waals surface area contributed by atoms with Crippen LogP contribution in [0.2, 0.25) is 20.1 Å². The average molecular weight is 497 g/mol. The molecule has 0 unspecified atom stereocenters. The van der Waals surface area contributed by atoms with Crippen LogP contribution in [0.4, 0.5) is 0 Å². The van der Waals surface area contributed by atoms with Gasteiger partial charge < -0.3 is 9.57 Å². The molecule has 0 saturated carbocycles. The van der Waals surface area contributed by atoms with Crippen LogP contribution in [0.25, 0.3) is 0 Å². The number of rotatable bonds is 9. The topological polar surface area (TPSA) is 47.9 Å². The van der Waals surface area contributed by atoms with E-state index >= 15 is 0 Å². The molecule has 0 heterocycles. The van der Waals surface area contributed by atoms with Crippen LogP contribution in [0.1, 0.15) is 27.9 Å². The van der Waals surface area contributed by atoms with Gasteiger partial charge in [-0.25, -0.2) is 0 Å². The standard InChI is InChI=1S/C23H17Cl4NO3/c24-18-6-4-16(21(26)11-18)13-30-20-3-1-2-15(10-20)23(29)8-9-28-31-14-17-5-7-19(25)12-22(17)27/h1-7,9-12H,8,13-14H2. The molecule has 0 N–H and O–H groups in total. The van der Waals surface area contributed by atoms with Crippen LogP contribution in [-0.4, -0.2) is 12.0 Å². The van der Waals surface area contributed by atoms with Crippen LogP contribution in [-0.2, 0) is 18.1 Å². The zero-order chi connectivity index (χ0) is 22.2. The van der Waals surface area contributed by atoms with Crippen LogP contribution >= 0.6 is 46.4 Å². The molecule has 0 fully saturated rings. The Balaban J connectivity index is 1.50. The van der Waals surface area contributed by atoms with Gasteiger partial charge >= 0.3 is 0 Å². The number of halogens is 4. The Labute approximate surface area is 200 Å². The lowest BCUT2D eigenvalue weighted by atomic mass is 10.1. The van der Waals surface area contributed by atoms with Crippen molar-refractivity contribution in [2.45, 2.75) is 19.6 Å². The van der Waals surface area contributed by atoms with Crippen LogP contribution in [0.15, 0.2) is 65.8 Å². The zero-order valence-corrected chi connectivity index (χ0v) is 19.2. The van der Waals surface area contributed by atoms with E-state index in [9.17, 15) is 4.79 Å². The van der Waals surface area contributed by atoms with Crippen LogP contribution in [0.5, 0.6) is 5.75 Å². The average Bonchev–Trinajstić information content (AvgIpc) is 2.74. The molecule has 0 aliphatic carbocycles. The number of carbonyl (C=O) groups excluding carboxylic acids is 1. The second kappa shape index (κ2) is 11.4. The van der Waals surface area contributed by atoms with Crippen LogP contribution in [0.3, 0.4) is 0 Å². The van der Waals surface area contributed by atoms with Gasteiger partial charge in [0.1, 0.15) is 19.0 Å². The van der Waals surface area contributed by atoms with E-state index in [2.05, 4.69) is 5.16 Å². The number of carbonyl (C=O) groups is 1. The highest BCUT2D eigenvalue weighted by molar-refractivity contribution is 6.35. The Morgan fingerprint density at radius 2 is 1.48 bits per heavy atom. The lowest BCUT2D eigenvalue weighted by molar-refractivity contribution is 0.0995. The van der Waals surface area contributed by atoms with Crippen molar-refractivity contribution < 1.29 is 14.4 Å². The van der Waals surface area contributed by atoms with Gasteiger partial charge in [0.25, 0.3) is 0 Å². The van der Waals surface area contributed by atoms with Gasteiger partial charge in [0.05, 0.1) is 6.21 Å². The highest BCUT2D eigenvalue weighted by Crippen LogP contribution is 2.24. The van der Waals surface area contributed by atoms with Crippen molar-refractivity contribution in [3.8, 4) is 5.75 Å². The van der Waals surface area contributed by atoms with Crippen molar-refractivity contribution in [2.75, 3.05) is 0 Å². The maximum atomic E-state index is 12.4. The molecule has 0 bridgehead atoms. The van der Waals surface area contributed by atoms with Crippen molar-refractivity contribution in [3.63, 3.8) is 0 Å². The van der Waals surface area contributed by atoms with Gasteiger partial charge in [0.2, 0.25) is 0 Å². The van der Waals surface area contributed by atoms with Gasteiger partial charge in [-0.2, -0.15) is 0 Å². The SMILES string of the molecule is O=C(CC=NOCc1ccc(Cl)cc1Cl)c1cccc(OCc2ccc(Cl)cc2Cl)c1. The predicted molar refractivity (Wildman–Crippen MR) is 126 cm³/mol. The smallest absolute Gasteiger partial charge is 0.168 e. The Morgan fingerprint density at radius 1 is 0.839 bits per heavy atom. The van der Waals surface area contributed by atoms with Gasteiger partial charge in [-0.05, 0) is 36.4 Å². The fourth-order valence-corrected chi connectivity index (χ4v) is 3.52. The number of ether oxygens (including phenoxy) is 1. The number of hydrogen-bond acceptors (Lipinski definition) is 4. The normalized spacial score (nSPS) is 11.0. The van der Waals surface area contributed by atoms with Gasteiger partial charge in [-0.15, -0.1) is 0 Å². The molecule has 8 heteroatoms. The van der Waals surface area contributed by atoms with E-state index in [1.165, 1.54) is 6.21 Å². The first-order valence-corrected chi connectivity index (χ1v) is 10.7. The first-order chi connectivity index (χ1) is 14.9. The number of hydrogen-bond donors (Lipinski definition) is 0. The summed E-state index contributed by atoms with van der Waals surface area (Å²) in [5, 5.41) is 5.94. The van der Waals surface area contributed by atoms with E-state index in [0.29, 0.717) is 31.4 Å². The molecule has 31 heavy (non-hydrogen) atoms. The van der Waals surface area contributed by atoms with E-state index < -0.39 is 0 Å². The molecule has 0 amide bonds. The third-order valence-corrected chi connectivity index (χ3v) is 5.40. The van der Waals surface area contributed by atoms with E-state index in [4.69, 9.17) is 56.0 Å². The molecule has 3 aromatic carbocycles. The van der Waals surface area contributed by atoms with Crippen molar-refractivity contribution in [1.29, 1.82) is 0 Å². The molecule has 3 aromatic rings. The summed E-state index contributed by atoms with van der Waals surface area (Å²) in [6, 6.07) is 17.2. The Hall–Kier alpha value is -2.24. The van der Waals surface area contributed by atoms with Gasteiger partial charge in [-0.1, -0.05) is 75.8 Å². The minimum atomic E-state index is -0.119. The fourth-order valence-electron chi connectivity index (χ4n) is 2.60. The summed E-state index contributed by atoms with van der Waals surface area (Å²) in [6.45, 7) is 0.438. The molecule has 0 aromatic heterocycles. The Kier molecular flexibility index (Phi) is 8.61. The monoisotopic (exact) mass is 495 g/mol. The Bertz CT molecular complexity index is 1100. The molecule has 0 aliphatic heterocycles. The maximum Gasteiger partial charge on any atom is 0.168 e. The van der Waals surface area contributed by atoms with Crippen molar-refractivity contribution in [2.24, 2.45) is 5.16 Å². The number of Topliss-reactive ketones (excluding diaryl/α,β-unsaturated/α-hetero) is 1. The van der Waals surface area contributed by atoms with Crippen LogP contribution < -0.4 is 4.74 Å². The highest BCUT2D eigenvalue weighted by atomic mass is 35.5. The molecule has 4 nitrogen and oxygen atoms in total. The first kappa shape index (κ1) is 23.4. The van der Waals surface area contributed by atoms with Crippen LogP contribution in [0, 0.1) is 0 Å². The molecule has 0 atom stereocenters. The number of ketones is 1. The van der Waals surface area contributed by atoms with Gasteiger partial charge in [0, 0.05) is 43.2 Å². The summed E-state index contributed by atoms with van der Waals surface area (Å²) >= 11 is 24.0. The molecular weight excluding hydrogens is 480 g/mol. The molecule has 0 radical (unpaired) electrons. The van der Waals surface area contributed by atoms with E-state index in [0.717, 1.165) is 11.1 Å². The summed E-state index contributed by atoms with van der Waals surface area (Å²) < 4.78 is 5.76. The summed E-state index contributed by atoms with van der Waals surface area (Å²) in [5.74, 6) is 0.439. The second-order valence-electron chi connectivity index (χ2n) is 6.48. The third kappa shape index (κ3) is 7.15. The largest absolute Gasteiger partial charge is 0.489 e. The molecular formula is C23H17Cl4NO3. The van der Waals surface area contributed by atoms with Crippen molar-refractivity contribution in [1.82, 2.24) is 0 Å². The molecule has 3 rings (SSSR count). The zero-order valence-electron chi connectivity index (χ0n) is 16.2. The summed E-state index contributed by atoms with van der Waals surface area (Å²) in [5.41, 5.74) is 2.06.